The SMILES string of the molecule is CCCCCCCCCCCCc1cc(Br)c(C(N)(CN)c2c(Br)cc(CCCCCCCCCCCC)cc2Br)c(Br)c1. The first-order valence-corrected chi connectivity index (χ1v) is 20.9. The minimum Gasteiger partial charge on any atom is -0.328 e. The molecule has 0 aliphatic heterocycles. The molecule has 4 N–H and O–H groups in total. The van der Waals surface area contributed by atoms with Crippen LogP contribution in [0.1, 0.15) is 165 Å². The Kier molecular flexibility index (Phi) is 21.7. The van der Waals surface area contributed by atoms with Crippen LogP contribution in [0.15, 0.2) is 42.2 Å². The van der Waals surface area contributed by atoms with Crippen molar-refractivity contribution in [1.82, 2.24) is 0 Å². The topological polar surface area (TPSA) is 52.0 Å². The lowest BCUT2D eigenvalue weighted by Gasteiger charge is -2.33. The summed E-state index contributed by atoms with van der Waals surface area (Å²) in [4.78, 5) is 0. The Bertz CT molecular complexity index is 945. The summed E-state index contributed by atoms with van der Waals surface area (Å²) in [6.45, 7) is 4.85. The first-order chi connectivity index (χ1) is 21.3. The predicted octanol–water partition coefficient (Wildman–Crippen LogP) is 13.8. The van der Waals surface area contributed by atoms with Crippen LogP contribution in [0.4, 0.5) is 0 Å². The summed E-state index contributed by atoms with van der Waals surface area (Å²) in [7, 11) is 0. The van der Waals surface area contributed by atoms with Crippen molar-refractivity contribution in [2.45, 2.75) is 161 Å². The average Bonchev–Trinajstić information content (AvgIpc) is 2.98. The summed E-state index contributed by atoms with van der Waals surface area (Å²) in [6, 6.07) is 8.97. The number of hydrogen-bond acceptors (Lipinski definition) is 2. The Labute approximate surface area is 304 Å². The van der Waals surface area contributed by atoms with E-state index in [-0.39, 0.29) is 6.54 Å². The summed E-state index contributed by atoms with van der Waals surface area (Å²) in [5.41, 5.74) is 17.5. The Morgan fingerprint density at radius 3 is 0.955 bits per heavy atom. The van der Waals surface area contributed by atoms with Gasteiger partial charge in [-0.25, -0.2) is 0 Å². The largest absolute Gasteiger partial charge is 0.328 e. The fourth-order valence-electron chi connectivity index (χ4n) is 6.35. The molecule has 250 valence electrons. The number of nitrogens with two attached hydrogens (primary N) is 2. The minimum atomic E-state index is -0.860. The van der Waals surface area contributed by atoms with E-state index >= 15 is 0 Å². The third kappa shape index (κ3) is 14.2. The molecule has 0 bridgehead atoms. The lowest BCUT2D eigenvalue weighted by atomic mass is 9.82. The fourth-order valence-corrected chi connectivity index (χ4v) is 10.3. The second-order valence-electron chi connectivity index (χ2n) is 12.9. The third-order valence-electron chi connectivity index (χ3n) is 9.06. The molecule has 44 heavy (non-hydrogen) atoms. The quantitative estimate of drug-likeness (QED) is 0.0977. The van der Waals surface area contributed by atoms with E-state index in [4.69, 9.17) is 11.5 Å². The maximum Gasteiger partial charge on any atom is 0.0833 e. The Balaban J connectivity index is 1.93. The van der Waals surface area contributed by atoms with Gasteiger partial charge < -0.3 is 11.5 Å². The van der Waals surface area contributed by atoms with Gasteiger partial charge in [0.05, 0.1) is 5.54 Å². The molecule has 2 nitrogen and oxygen atoms in total. The smallest absolute Gasteiger partial charge is 0.0833 e. The van der Waals surface area contributed by atoms with Gasteiger partial charge in [-0.3, -0.25) is 0 Å². The molecule has 2 aromatic carbocycles. The molecule has 0 radical (unpaired) electrons. The first-order valence-electron chi connectivity index (χ1n) is 17.7. The number of hydrogen-bond donors (Lipinski definition) is 2. The third-order valence-corrected chi connectivity index (χ3v) is 11.6. The molecule has 0 unspecified atom stereocenters. The van der Waals surface area contributed by atoms with E-state index in [1.165, 1.54) is 140 Å². The van der Waals surface area contributed by atoms with E-state index < -0.39 is 5.54 Å². The highest BCUT2D eigenvalue weighted by molar-refractivity contribution is 9.11. The molecule has 0 heterocycles. The molecule has 0 fully saturated rings. The van der Waals surface area contributed by atoms with Crippen LogP contribution < -0.4 is 11.5 Å². The van der Waals surface area contributed by atoms with Crippen LogP contribution >= 0.6 is 63.7 Å². The van der Waals surface area contributed by atoms with Crippen LogP contribution in [0.25, 0.3) is 0 Å². The molecular weight excluding hydrogens is 804 g/mol. The van der Waals surface area contributed by atoms with Crippen molar-refractivity contribution >= 4 is 63.7 Å². The molecule has 2 aromatic rings. The molecule has 0 spiro atoms. The van der Waals surface area contributed by atoms with Crippen LogP contribution in [0, 0.1) is 0 Å². The zero-order valence-electron chi connectivity index (χ0n) is 27.7. The Morgan fingerprint density at radius 1 is 0.455 bits per heavy atom. The Hall–Kier alpha value is 0.280. The van der Waals surface area contributed by atoms with Crippen molar-refractivity contribution in [3.63, 3.8) is 0 Å². The summed E-state index contributed by atoms with van der Waals surface area (Å²) in [5.74, 6) is 0. The van der Waals surface area contributed by atoms with Crippen molar-refractivity contribution in [2.24, 2.45) is 11.5 Å². The number of unbranched alkanes of at least 4 members (excludes halogenated alkanes) is 18. The molecule has 0 aliphatic rings. The molecule has 2 rings (SSSR count). The molecule has 0 aliphatic carbocycles. The molecule has 0 saturated heterocycles. The van der Waals surface area contributed by atoms with E-state index in [2.05, 4.69) is 102 Å². The highest BCUT2D eigenvalue weighted by Crippen LogP contribution is 2.44. The lowest BCUT2D eigenvalue weighted by molar-refractivity contribution is 0.539. The van der Waals surface area contributed by atoms with Gasteiger partial charge in [-0.15, -0.1) is 0 Å². The van der Waals surface area contributed by atoms with Gasteiger partial charge in [-0.1, -0.05) is 193 Å². The molecular formula is C38H60Br4N2. The van der Waals surface area contributed by atoms with E-state index in [9.17, 15) is 0 Å². The highest BCUT2D eigenvalue weighted by atomic mass is 79.9. The summed E-state index contributed by atoms with van der Waals surface area (Å²) in [5, 5.41) is 0. The normalized spacial score (nSPS) is 11.9. The van der Waals surface area contributed by atoms with E-state index in [1.54, 1.807) is 0 Å². The Morgan fingerprint density at radius 2 is 0.705 bits per heavy atom. The van der Waals surface area contributed by atoms with Crippen molar-refractivity contribution < 1.29 is 0 Å². The van der Waals surface area contributed by atoms with Gasteiger partial charge in [0.1, 0.15) is 0 Å². The maximum atomic E-state index is 7.21. The van der Waals surface area contributed by atoms with Crippen molar-refractivity contribution in [2.75, 3.05) is 6.54 Å². The zero-order chi connectivity index (χ0) is 32.2. The summed E-state index contributed by atoms with van der Waals surface area (Å²) in [6.07, 6.45) is 29.2. The minimum absolute atomic E-state index is 0.289. The number of rotatable bonds is 25. The van der Waals surface area contributed by atoms with Crippen LogP contribution in [0.2, 0.25) is 0 Å². The van der Waals surface area contributed by atoms with Gasteiger partial charge in [0.25, 0.3) is 0 Å². The average molecular weight is 865 g/mol. The zero-order valence-corrected chi connectivity index (χ0v) is 34.1. The van der Waals surface area contributed by atoms with Gasteiger partial charge in [-0.05, 0) is 61.1 Å². The van der Waals surface area contributed by atoms with Crippen LogP contribution in [-0.2, 0) is 18.4 Å². The van der Waals surface area contributed by atoms with E-state index in [0.717, 1.165) is 41.9 Å². The fraction of sp³-hybridized carbons (Fsp3) is 0.684. The monoisotopic (exact) mass is 860 g/mol. The molecule has 0 aromatic heterocycles. The number of benzene rings is 2. The lowest BCUT2D eigenvalue weighted by Crippen LogP contribution is -2.46. The highest BCUT2D eigenvalue weighted by Gasteiger charge is 2.36. The van der Waals surface area contributed by atoms with Crippen LogP contribution in [0.5, 0.6) is 0 Å². The standard InChI is InChI=1S/C38H60Br4N2/c1-3-5-7-9-11-13-15-17-19-21-23-30-25-32(39)36(33(40)26-30)38(44,29-43)37-34(41)27-31(28-35(37)42)24-22-20-18-16-14-12-10-8-6-4-2/h25-28H,3-24,29,43-44H2,1-2H3. The molecule has 0 saturated carbocycles. The second kappa shape index (κ2) is 23.6. The maximum absolute atomic E-state index is 7.21. The van der Waals surface area contributed by atoms with Gasteiger partial charge in [0.2, 0.25) is 0 Å². The van der Waals surface area contributed by atoms with Crippen molar-refractivity contribution in [1.29, 1.82) is 0 Å². The first kappa shape index (κ1) is 40.5. The summed E-state index contributed by atoms with van der Waals surface area (Å²) < 4.78 is 4.04. The van der Waals surface area contributed by atoms with Crippen LogP contribution in [0.3, 0.4) is 0 Å². The summed E-state index contributed by atoms with van der Waals surface area (Å²) >= 11 is 15.5. The molecule has 0 atom stereocenters. The van der Waals surface area contributed by atoms with Crippen LogP contribution in [-0.4, -0.2) is 6.54 Å². The van der Waals surface area contributed by atoms with Crippen molar-refractivity contribution in [3.8, 4) is 0 Å². The van der Waals surface area contributed by atoms with E-state index in [1.807, 2.05) is 0 Å². The van der Waals surface area contributed by atoms with Gasteiger partial charge >= 0.3 is 0 Å². The van der Waals surface area contributed by atoms with Gasteiger partial charge in [0, 0.05) is 35.6 Å². The van der Waals surface area contributed by atoms with Crippen molar-refractivity contribution in [3.05, 3.63) is 64.4 Å². The number of aryl methyl sites for hydroxylation is 2. The van der Waals surface area contributed by atoms with E-state index in [0.29, 0.717) is 0 Å². The number of halogens is 4. The van der Waals surface area contributed by atoms with Gasteiger partial charge in [0.15, 0.2) is 0 Å². The molecule has 6 heteroatoms. The second-order valence-corrected chi connectivity index (χ2v) is 16.3. The van der Waals surface area contributed by atoms with Gasteiger partial charge in [-0.2, -0.15) is 0 Å². The predicted molar refractivity (Wildman–Crippen MR) is 209 cm³/mol. The molecule has 0 amide bonds.